The van der Waals surface area contributed by atoms with Gasteiger partial charge in [-0.05, 0) is 48.4 Å². The summed E-state index contributed by atoms with van der Waals surface area (Å²) in [7, 11) is 0. The molecular formula is C15H15ClN2O2. The Morgan fingerprint density at radius 3 is 2.55 bits per heavy atom. The van der Waals surface area contributed by atoms with Crippen molar-refractivity contribution in [1.82, 2.24) is 5.32 Å². The highest BCUT2D eigenvalue weighted by Crippen LogP contribution is 2.19. The molecule has 0 saturated heterocycles. The number of amides is 2. The molecule has 0 aliphatic carbocycles. The first-order valence-corrected chi connectivity index (χ1v) is 6.51. The molecule has 0 bridgehead atoms. The maximum atomic E-state index is 11.8. The Balaban J connectivity index is 1.90. The van der Waals surface area contributed by atoms with Crippen LogP contribution in [0.25, 0.3) is 0 Å². The molecule has 2 amide bonds. The summed E-state index contributed by atoms with van der Waals surface area (Å²) in [6, 6.07) is 11.8. The monoisotopic (exact) mass is 290 g/mol. The van der Waals surface area contributed by atoms with E-state index in [0.717, 1.165) is 11.1 Å². The standard InChI is InChI=1S/C15H15ClN2O2/c1-10-8-13(19)6-7-14(10)18-15(20)17-9-11-2-4-12(16)5-3-11/h2-8,19H,9H2,1H3,(H2,17,18,20). The molecule has 0 aromatic heterocycles. The Bertz CT molecular complexity index is 612. The molecule has 2 rings (SSSR count). The maximum Gasteiger partial charge on any atom is 0.319 e. The topological polar surface area (TPSA) is 61.4 Å². The molecule has 2 aromatic carbocycles. The van der Waals surface area contributed by atoms with E-state index in [1.54, 1.807) is 24.3 Å². The van der Waals surface area contributed by atoms with Crippen LogP contribution in [0.5, 0.6) is 5.75 Å². The average Bonchev–Trinajstić information content (AvgIpc) is 2.41. The number of phenols is 1. The van der Waals surface area contributed by atoms with Gasteiger partial charge in [-0.25, -0.2) is 4.79 Å². The molecule has 4 nitrogen and oxygen atoms in total. The van der Waals surface area contributed by atoms with Gasteiger partial charge in [0.05, 0.1) is 0 Å². The molecule has 2 aromatic rings. The first kappa shape index (κ1) is 14.2. The van der Waals surface area contributed by atoms with Gasteiger partial charge in [-0.2, -0.15) is 0 Å². The number of benzene rings is 2. The number of hydrogen-bond donors (Lipinski definition) is 3. The van der Waals surface area contributed by atoms with Crippen LogP contribution in [-0.4, -0.2) is 11.1 Å². The molecule has 0 atom stereocenters. The molecule has 0 saturated carbocycles. The van der Waals surface area contributed by atoms with Gasteiger partial charge in [-0.15, -0.1) is 0 Å². The van der Waals surface area contributed by atoms with E-state index in [1.807, 2.05) is 19.1 Å². The van der Waals surface area contributed by atoms with E-state index in [9.17, 15) is 9.90 Å². The number of rotatable bonds is 3. The van der Waals surface area contributed by atoms with Crippen molar-refractivity contribution in [3.8, 4) is 5.75 Å². The number of phenolic OH excluding ortho intramolecular Hbond substituents is 1. The van der Waals surface area contributed by atoms with Gasteiger partial charge in [0.25, 0.3) is 0 Å². The van der Waals surface area contributed by atoms with Gasteiger partial charge in [0.1, 0.15) is 5.75 Å². The largest absolute Gasteiger partial charge is 0.508 e. The summed E-state index contributed by atoms with van der Waals surface area (Å²) in [5.41, 5.74) is 2.43. The second kappa shape index (κ2) is 6.30. The third-order valence-electron chi connectivity index (χ3n) is 2.82. The Morgan fingerprint density at radius 2 is 1.90 bits per heavy atom. The molecule has 3 N–H and O–H groups in total. The fourth-order valence-electron chi connectivity index (χ4n) is 1.74. The van der Waals surface area contributed by atoms with E-state index in [0.29, 0.717) is 17.3 Å². The molecule has 0 fully saturated rings. The molecule has 0 aliphatic rings. The Kier molecular flexibility index (Phi) is 4.48. The molecule has 0 unspecified atom stereocenters. The van der Waals surface area contributed by atoms with Crippen molar-refractivity contribution >= 4 is 23.3 Å². The predicted molar refractivity (Wildman–Crippen MR) is 80.2 cm³/mol. The van der Waals surface area contributed by atoms with Gasteiger partial charge in [0.15, 0.2) is 0 Å². The summed E-state index contributed by atoms with van der Waals surface area (Å²) < 4.78 is 0. The number of halogens is 1. The normalized spacial score (nSPS) is 10.1. The lowest BCUT2D eigenvalue weighted by Gasteiger charge is -2.10. The second-order valence-electron chi connectivity index (χ2n) is 4.43. The highest BCUT2D eigenvalue weighted by atomic mass is 35.5. The van der Waals surface area contributed by atoms with Gasteiger partial charge in [0, 0.05) is 17.3 Å². The highest BCUT2D eigenvalue weighted by Gasteiger charge is 2.04. The lowest BCUT2D eigenvalue weighted by molar-refractivity contribution is 0.251. The number of carbonyl (C=O) groups is 1. The Morgan fingerprint density at radius 1 is 1.20 bits per heavy atom. The zero-order valence-corrected chi connectivity index (χ0v) is 11.7. The summed E-state index contributed by atoms with van der Waals surface area (Å²) in [4.78, 5) is 11.8. The Labute approximate surface area is 122 Å². The predicted octanol–water partition coefficient (Wildman–Crippen LogP) is 3.68. The van der Waals surface area contributed by atoms with Crippen molar-refractivity contribution < 1.29 is 9.90 Å². The van der Waals surface area contributed by atoms with Crippen LogP contribution in [-0.2, 0) is 6.54 Å². The lowest BCUT2D eigenvalue weighted by atomic mass is 10.2. The van der Waals surface area contributed by atoms with Crippen LogP contribution in [0.3, 0.4) is 0 Å². The maximum absolute atomic E-state index is 11.8. The van der Waals surface area contributed by atoms with Crippen molar-refractivity contribution in [3.05, 3.63) is 58.6 Å². The summed E-state index contributed by atoms with van der Waals surface area (Å²) in [6.07, 6.45) is 0. The first-order valence-electron chi connectivity index (χ1n) is 6.13. The smallest absolute Gasteiger partial charge is 0.319 e. The minimum absolute atomic E-state index is 0.176. The fraction of sp³-hybridized carbons (Fsp3) is 0.133. The quantitative estimate of drug-likeness (QED) is 0.755. The van der Waals surface area contributed by atoms with Crippen molar-refractivity contribution in [2.75, 3.05) is 5.32 Å². The van der Waals surface area contributed by atoms with Crippen molar-refractivity contribution in [2.45, 2.75) is 13.5 Å². The van der Waals surface area contributed by atoms with Gasteiger partial charge >= 0.3 is 6.03 Å². The van der Waals surface area contributed by atoms with E-state index >= 15 is 0 Å². The van der Waals surface area contributed by atoms with Crippen molar-refractivity contribution in [2.24, 2.45) is 0 Å². The minimum atomic E-state index is -0.297. The average molecular weight is 291 g/mol. The lowest BCUT2D eigenvalue weighted by Crippen LogP contribution is -2.28. The highest BCUT2D eigenvalue weighted by molar-refractivity contribution is 6.30. The minimum Gasteiger partial charge on any atom is -0.508 e. The molecule has 5 heteroatoms. The number of urea groups is 1. The number of hydrogen-bond acceptors (Lipinski definition) is 2. The molecule has 20 heavy (non-hydrogen) atoms. The van der Waals surface area contributed by atoms with Crippen LogP contribution >= 0.6 is 11.6 Å². The summed E-state index contributed by atoms with van der Waals surface area (Å²) in [5, 5.41) is 15.5. The van der Waals surface area contributed by atoms with Gasteiger partial charge < -0.3 is 15.7 Å². The van der Waals surface area contributed by atoms with Gasteiger partial charge in [-0.3, -0.25) is 0 Å². The number of carbonyl (C=O) groups excluding carboxylic acids is 1. The van der Waals surface area contributed by atoms with E-state index in [-0.39, 0.29) is 11.8 Å². The van der Waals surface area contributed by atoms with E-state index < -0.39 is 0 Å². The van der Waals surface area contributed by atoms with Crippen LogP contribution in [0, 0.1) is 6.92 Å². The number of anilines is 1. The third-order valence-corrected chi connectivity index (χ3v) is 3.08. The van der Waals surface area contributed by atoms with E-state index in [4.69, 9.17) is 11.6 Å². The summed E-state index contributed by atoms with van der Waals surface area (Å²) in [6.45, 7) is 2.23. The first-order chi connectivity index (χ1) is 9.54. The van der Waals surface area contributed by atoms with Crippen LogP contribution in [0.15, 0.2) is 42.5 Å². The Hall–Kier alpha value is -2.20. The van der Waals surface area contributed by atoms with Crippen LogP contribution in [0.1, 0.15) is 11.1 Å². The molecule has 0 heterocycles. The zero-order valence-electron chi connectivity index (χ0n) is 11.0. The van der Waals surface area contributed by atoms with Crippen LogP contribution in [0.2, 0.25) is 5.02 Å². The molecule has 0 spiro atoms. The van der Waals surface area contributed by atoms with Crippen LogP contribution in [0.4, 0.5) is 10.5 Å². The van der Waals surface area contributed by atoms with Gasteiger partial charge in [-0.1, -0.05) is 23.7 Å². The zero-order chi connectivity index (χ0) is 14.5. The van der Waals surface area contributed by atoms with Crippen LogP contribution < -0.4 is 10.6 Å². The molecule has 0 radical (unpaired) electrons. The second-order valence-corrected chi connectivity index (χ2v) is 4.87. The van der Waals surface area contributed by atoms with E-state index in [1.165, 1.54) is 6.07 Å². The molecule has 104 valence electrons. The number of aryl methyl sites for hydroxylation is 1. The molecular weight excluding hydrogens is 276 g/mol. The van der Waals surface area contributed by atoms with Crippen molar-refractivity contribution in [3.63, 3.8) is 0 Å². The fourth-order valence-corrected chi connectivity index (χ4v) is 1.87. The molecule has 0 aliphatic heterocycles. The number of aromatic hydroxyl groups is 1. The van der Waals surface area contributed by atoms with Crippen molar-refractivity contribution in [1.29, 1.82) is 0 Å². The van der Waals surface area contributed by atoms with E-state index in [2.05, 4.69) is 10.6 Å². The summed E-state index contributed by atoms with van der Waals surface area (Å²) >= 11 is 5.79. The number of nitrogens with one attached hydrogen (secondary N) is 2. The van der Waals surface area contributed by atoms with Gasteiger partial charge in [0.2, 0.25) is 0 Å². The summed E-state index contributed by atoms with van der Waals surface area (Å²) in [5.74, 6) is 0.176. The third kappa shape index (κ3) is 3.90. The SMILES string of the molecule is Cc1cc(O)ccc1NC(=O)NCc1ccc(Cl)cc1.